The zero-order valence-corrected chi connectivity index (χ0v) is 11.2. The van der Waals surface area contributed by atoms with Crippen LogP contribution < -0.4 is 5.32 Å². The number of hydrogen-bond acceptors (Lipinski definition) is 4. The molecule has 0 atom stereocenters. The van der Waals surface area contributed by atoms with Crippen LogP contribution in [0.1, 0.15) is 12.6 Å². The smallest absolute Gasteiger partial charge is 0.159 e. The van der Waals surface area contributed by atoms with Gasteiger partial charge in [0, 0.05) is 17.2 Å². The first-order valence-electron chi connectivity index (χ1n) is 5.81. The summed E-state index contributed by atoms with van der Waals surface area (Å²) in [5.41, 5.74) is 0.788. The molecule has 100 valence electrons. The van der Waals surface area contributed by atoms with E-state index in [0.29, 0.717) is 10.6 Å². The van der Waals surface area contributed by atoms with Gasteiger partial charge in [-0.15, -0.1) is 11.8 Å². The van der Waals surface area contributed by atoms with E-state index < -0.39 is 11.6 Å². The molecular weight excluding hydrogens is 268 g/mol. The van der Waals surface area contributed by atoms with Gasteiger partial charge in [-0.3, -0.25) is 4.98 Å². The van der Waals surface area contributed by atoms with E-state index in [1.807, 2.05) is 6.92 Å². The van der Waals surface area contributed by atoms with Gasteiger partial charge in [0.05, 0.1) is 18.1 Å². The minimum Gasteiger partial charge on any atom is -0.369 e. The van der Waals surface area contributed by atoms with E-state index in [2.05, 4.69) is 15.3 Å². The van der Waals surface area contributed by atoms with Crippen LogP contribution in [0.25, 0.3) is 0 Å². The highest BCUT2D eigenvalue weighted by Crippen LogP contribution is 2.23. The topological polar surface area (TPSA) is 37.8 Å². The summed E-state index contributed by atoms with van der Waals surface area (Å²) in [4.78, 5) is 9.09. The molecule has 0 radical (unpaired) electrons. The summed E-state index contributed by atoms with van der Waals surface area (Å²) in [6.45, 7) is 2.77. The minimum atomic E-state index is -0.835. The standard InChI is InChI=1S/C13H13F2N3S/c1-2-16-13-7-17-9(6-18-13)8-19-10-3-4-11(14)12(15)5-10/h3-7H,2,8H2,1H3,(H,16,18). The molecule has 1 N–H and O–H groups in total. The van der Waals surface area contributed by atoms with Crippen molar-refractivity contribution in [3.63, 3.8) is 0 Å². The van der Waals surface area contributed by atoms with Crippen molar-refractivity contribution in [3.8, 4) is 0 Å². The Hall–Kier alpha value is -1.69. The zero-order valence-electron chi connectivity index (χ0n) is 10.4. The summed E-state index contributed by atoms with van der Waals surface area (Å²) in [5.74, 6) is -0.383. The van der Waals surface area contributed by atoms with Crippen molar-refractivity contribution >= 4 is 17.6 Å². The van der Waals surface area contributed by atoms with Gasteiger partial charge < -0.3 is 5.32 Å². The van der Waals surface area contributed by atoms with E-state index in [1.165, 1.54) is 17.8 Å². The fraction of sp³-hybridized carbons (Fsp3) is 0.231. The number of thioether (sulfide) groups is 1. The molecule has 1 aromatic heterocycles. The first-order valence-corrected chi connectivity index (χ1v) is 6.80. The first kappa shape index (κ1) is 13.7. The van der Waals surface area contributed by atoms with Gasteiger partial charge in [-0.25, -0.2) is 13.8 Å². The number of nitrogens with zero attached hydrogens (tertiary/aromatic N) is 2. The van der Waals surface area contributed by atoms with Crippen molar-refractivity contribution in [2.45, 2.75) is 17.6 Å². The summed E-state index contributed by atoms with van der Waals surface area (Å²) < 4.78 is 25.8. The molecule has 0 saturated carbocycles. The van der Waals surface area contributed by atoms with Gasteiger partial charge in [0.1, 0.15) is 5.82 Å². The van der Waals surface area contributed by atoms with Gasteiger partial charge in [-0.1, -0.05) is 0 Å². The molecule has 0 amide bonds. The highest BCUT2D eigenvalue weighted by atomic mass is 32.2. The molecule has 0 aliphatic carbocycles. The minimum absolute atomic E-state index is 0.560. The Bertz CT molecular complexity index is 546. The molecule has 0 bridgehead atoms. The third-order valence-corrected chi connectivity index (χ3v) is 3.37. The number of halogens is 2. The highest BCUT2D eigenvalue weighted by molar-refractivity contribution is 7.98. The average molecular weight is 281 g/mol. The van der Waals surface area contributed by atoms with Crippen LogP contribution in [0.3, 0.4) is 0 Å². The van der Waals surface area contributed by atoms with Crippen molar-refractivity contribution in [1.29, 1.82) is 0 Å². The number of benzene rings is 1. The number of nitrogens with one attached hydrogen (secondary N) is 1. The molecule has 2 aromatic rings. The maximum absolute atomic E-state index is 13.0. The summed E-state index contributed by atoms with van der Waals surface area (Å²) in [6, 6.07) is 3.85. The fourth-order valence-corrected chi connectivity index (χ4v) is 2.24. The van der Waals surface area contributed by atoms with Crippen LogP contribution in [0.2, 0.25) is 0 Å². The van der Waals surface area contributed by atoms with Gasteiger partial charge in [0.15, 0.2) is 11.6 Å². The molecule has 1 heterocycles. The molecule has 19 heavy (non-hydrogen) atoms. The van der Waals surface area contributed by atoms with Gasteiger partial charge in [-0.05, 0) is 25.1 Å². The normalized spacial score (nSPS) is 10.5. The lowest BCUT2D eigenvalue weighted by Crippen LogP contribution is -2.00. The Morgan fingerprint density at radius 3 is 2.63 bits per heavy atom. The first-order chi connectivity index (χ1) is 9.19. The monoisotopic (exact) mass is 281 g/mol. The lowest BCUT2D eigenvalue weighted by atomic mass is 10.3. The van der Waals surface area contributed by atoms with Gasteiger partial charge >= 0.3 is 0 Å². The molecule has 0 aliphatic rings. The summed E-state index contributed by atoms with van der Waals surface area (Å²) >= 11 is 1.39. The predicted molar refractivity (Wildman–Crippen MR) is 72.1 cm³/mol. The lowest BCUT2D eigenvalue weighted by molar-refractivity contribution is 0.506. The highest BCUT2D eigenvalue weighted by Gasteiger charge is 2.04. The molecule has 2 rings (SSSR count). The largest absolute Gasteiger partial charge is 0.369 e. The second-order valence-electron chi connectivity index (χ2n) is 3.79. The molecule has 0 fully saturated rings. The van der Waals surface area contributed by atoms with E-state index in [0.717, 1.165) is 24.1 Å². The summed E-state index contributed by atoms with van der Waals surface area (Å²) in [7, 11) is 0. The van der Waals surface area contributed by atoms with Crippen LogP contribution in [-0.4, -0.2) is 16.5 Å². The Labute approximate surface area is 114 Å². The molecule has 0 aliphatic heterocycles. The van der Waals surface area contributed by atoms with Crippen molar-refractivity contribution in [2.75, 3.05) is 11.9 Å². The van der Waals surface area contributed by atoms with E-state index in [4.69, 9.17) is 0 Å². The van der Waals surface area contributed by atoms with Crippen LogP contribution in [0, 0.1) is 11.6 Å². The Morgan fingerprint density at radius 1 is 1.16 bits per heavy atom. The van der Waals surface area contributed by atoms with Crippen LogP contribution in [0.15, 0.2) is 35.5 Å². The number of hydrogen-bond donors (Lipinski definition) is 1. The van der Waals surface area contributed by atoms with Crippen molar-refractivity contribution in [3.05, 3.63) is 47.9 Å². The summed E-state index contributed by atoms with van der Waals surface area (Å²) in [6.07, 6.45) is 3.33. The fourth-order valence-electron chi connectivity index (χ4n) is 1.43. The Kier molecular flexibility index (Phi) is 4.68. The van der Waals surface area contributed by atoms with Gasteiger partial charge in [-0.2, -0.15) is 0 Å². The Morgan fingerprint density at radius 2 is 2.00 bits per heavy atom. The third kappa shape index (κ3) is 3.89. The quantitative estimate of drug-likeness (QED) is 0.851. The molecule has 1 aromatic carbocycles. The SMILES string of the molecule is CCNc1cnc(CSc2ccc(F)c(F)c2)cn1. The van der Waals surface area contributed by atoms with E-state index >= 15 is 0 Å². The molecule has 3 nitrogen and oxygen atoms in total. The van der Waals surface area contributed by atoms with E-state index in [9.17, 15) is 8.78 Å². The maximum Gasteiger partial charge on any atom is 0.159 e. The number of rotatable bonds is 5. The average Bonchev–Trinajstić information content (AvgIpc) is 2.42. The second kappa shape index (κ2) is 6.47. The summed E-state index contributed by atoms with van der Waals surface area (Å²) in [5, 5.41) is 3.05. The van der Waals surface area contributed by atoms with Crippen molar-refractivity contribution in [2.24, 2.45) is 0 Å². The third-order valence-electron chi connectivity index (χ3n) is 2.34. The second-order valence-corrected chi connectivity index (χ2v) is 4.84. The molecule has 0 unspecified atom stereocenters. The van der Waals surface area contributed by atoms with Crippen LogP contribution in [0.4, 0.5) is 14.6 Å². The number of aromatic nitrogens is 2. The van der Waals surface area contributed by atoms with Crippen LogP contribution in [-0.2, 0) is 5.75 Å². The van der Waals surface area contributed by atoms with E-state index in [-0.39, 0.29) is 0 Å². The number of anilines is 1. The zero-order chi connectivity index (χ0) is 13.7. The van der Waals surface area contributed by atoms with Crippen molar-refractivity contribution in [1.82, 2.24) is 9.97 Å². The van der Waals surface area contributed by atoms with Crippen LogP contribution >= 0.6 is 11.8 Å². The van der Waals surface area contributed by atoms with E-state index in [1.54, 1.807) is 18.5 Å². The lowest BCUT2D eigenvalue weighted by Gasteiger charge is -2.04. The molecule has 0 spiro atoms. The van der Waals surface area contributed by atoms with Crippen molar-refractivity contribution < 1.29 is 8.78 Å². The Balaban J connectivity index is 1.96. The van der Waals surface area contributed by atoms with Crippen LogP contribution in [0.5, 0.6) is 0 Å². The predicted octanol–water partition coefficient (Wildman–Crippen LogP) is 3.48. The molecule has 6 heteroatoms. The van der Waals surface area contributed by atoms with Gasteiger partial charge in [0.2, 0.25) is 0 Å². The maximum atomic E-state index is 13.0. The molecular formula is C13H13F2N3S. The van der Waals surface area contributed by atoms with Gasteiger partial charge in [0.25, 0.3) is 0 Å². The molecule has 0 saturated heterocycles.